The van der Waals surface area contributed by atoms with Crippen molar-refractivity contribution in [1.29, 1.82) is 0 Å². The first kappa shape index (κ1) is 19.7. The van der Waals surface area contributed by atoms with E-state index >= 15 is 0 Å². The average molecular weight is 401 g/mol. The highest BCUT2D eigenvalue weighted by Gasteiger charge is 2.37. The van der Waals surface area contributed by atoms with Gasteiger partial charge in [-0.2, -0.15) is 0 Å². The molecule has 5 nitrogen and oxygen atoms in total. The van der Waals surface area contributed by atoms with Gasteiger partial charge in [0.15, 0.2) is 5.78 Å². The van der Waals surface area contributed by atoms with E-state index in [1.54, 1.807) is 30.2 Å². The number of amides is 1. The zero-order valence-electron chi connectivity index (χ0n) is 17.0. The molecule has 152 valence electrons. The summed E-state index contributed by atoms with van der Waals surface area (Å²) in [6, 6.07) is 22.2. The molecule has 0 spiro atoms. The Balaban J connectivity index is 1.71. The van der Waals surface area contributed by atoms with Gasteiger partial charge in [-0.15, -0.1) is 0 Å². The molecule has 30 heavy (non-hydrogen) atoms. The number of Topliss-reactive ketones (excluding diaryl/α,β-unsaturated/α-hetero) is 1. The lowest BCUT2D eigenvalue weighted by molar-refractivity contribution is 0.0960. The number of carbonyl (C=O) groups is 2. The van der Waals surface area contributed by atoms with E-state index in [-0.39, 0.29) is 18.8 Å². The van der Waals surface area contributed by atoms with Crippen molar-refractivity contribution in [3.8, 4) is 5.75 Å². The van der Waals surface area contributed by atoms with Crippen LogP contribution in [0.2, 0.25) is 0 Å². The van der Waals surface area contributed by atoms with Crippen LogP contribution in [0.4, 0.5) is 10.5 Å². The maximum Gasteiger partial charge on any atom is 0.415 e. The van der Waals surface area contributed by atoms with E-state index in [1.165, 1.54) is 0 Å². The fourth-order valence-electron chi connectivity index (χ4n) is 3.69. The average Bonchev–Trinajstić information content (AvgIpc) is 2.78. The Bertz CT molecular complexity index is 1060. The van der Waals surface area contributed by atoms with Crippen LogP contribution >= 0.6 is 0 Å². The summed E-state index contributed by atoms with van der Waals surface area (Å²) in [6.45, 7) is 2.17. The third-order valence-electron chi connectivity index (χ3n) is 5.32. The number of ether oxygens (including phenoxy) is 2. The van der Waals surface area contributed by atoms with Gasteiger partial charge >= 0.3 is 6.09 Å². The summed E-state index contributed by atoms with van der Waals surface area (Å²) >= 11 is 0. The molecule has 1 amide bonds. The summed E-state index contributed by atoms with van der Waals surface area (Å²) in [4.78, 5) is 27.7. The van der Waals surface area contributed by atoms with Gasteiger partial charge in [-0.25, -0.2) is 4.79 Å². The first-order valence-corrected chi connectivity index (χ1v) is 9.84. The number of ketones is 1. The number of carbonyl (C=O) groups excluding carboxylic acids is 2. The fraction of sp³-hybridized carbons (Fsp3) is 0.200. The maximum atomic E-state index is 13.2. The molecule has 0 bridgehead atoms. The summed E-state index contributed by atoms with van der Waals surface area (Å²) in [5, 5.41) is 0. The van der Waals surface area contributed by atoms with Crippen LogP contribution in [0.25, 0.3) is 0 Å². The van der Waals surface area contributed by atoms with Crippen LogP contribution < -0.4 is 9.64 Å². The Kier molecular flexibility index (Phi) is 5.53. The fourth-order valence-corrected chi connectivity index (χ4v) is 3.69. The van der Waals surface area contributed by atoms with Gasteiger partial charge in [-0.3, -0.25) is 9.69 Å². The second kappa shape index (κ2) is 8.41. The molecule has 1 aliphatic heterocycles. The molecule has 0 saturated carbocycles. The zero-order chi connectivity index (χ0) is 21.1. The minimum atomic E-state index is -0.483. The standard InChI is InChI=1S/C25H23NO4/c1-17-8-10-19(11-9-17)23-15-24(27)21-14-20(29-2)12-13-22(21)26(23)25(28)30-16-18-6-4-3-5-7-18/h3-14,23H,15-16H2,1-2H3. The van der Waals surface area contributed by atoms with Crippen LogP contribution in [0, 0.1) is 6.92 Å². The van der Waals surface area contributed by atoms with E-state index in [2.05, 4.69) is 0 Å². The number of nitrogens with zero attached hydrogens (tertiary/aromatic N) is 1. The van der Waals surface area contributed by atoms with Crippen LogP contribution in [-0.2, 0) is 11.3 Å². The van der Waals surface area contributed by atoms with Crippen molar-refractivity contribution in [1.82, 2.24) is 0 Å². The molecule has 1 heterocycles. The molecule has 0 aliphatic carbocycles. The van der Waals surface area contributed by atoms with E-state index in [9.17, 15) is 9.59 Å². The minimum Gasteiger partial charge on any atom is -0.497 e. The molecular formula is C25H23NO4. The summed E-state index contributed by atoms with van der Waals surface area (Å²) in [7, 11) is 1.55. The SMILES string of the molecule is COc1ccc2c(c1)C(=O)CC(c1ccc(C)cc1)N2C(=O)OCc1ccccc1. The molecule has 5 heteroatoms. The summed E-state index contributed by atoms with van der Waals surface area (Å²) in [5.41, 5.74) is 3.92. The van der Waals surface area contributed by atoms with Crippen LogP contribution in [0.1, 0.15) is 39.5 Å². The highest BCUT2D eigenvalue weighted by atomic mass is 16.6. The highest BCUT2D eigenvalue weighted by molar-refractivity contribution is 6.08. The van der Waals surface area contributed by atoms with E-state index in [4.69, 9.17) is 9.47 Å². The van der Waals surface area contributed by atoms with Gasteiger partial charge in [0.05, 0.1) is 18.8 Å². The van der Waals surface area contributed by atoms with Gasteiger partial charge in [0.1, 0.15) is 12.4 Å². The second-order valence-electron chi connectivity index (χ2n) is 7.35. The first-order valence-electron chi connectivity index (χ1n) is 9.84. The molecule has 1 aliphatic rings. The summed E-state index contributed by atoms with van der Waals surface area (Å²) in [5.74, 6) is 0.551. The van der Waals surface area contributed by atoms with Gasteiger partial charge < -0.3 is 9.47 Å². The van der Waals surface area contributed by atoms with Gasteiger partial charge in [0, 0.05) is 12.0 Å². The number of hydrogen-bond donors (Lipinski definition) is 0. The monoisotopic (exact) mass is 401 g/mol. The molecule has 1 unspecified atom stereocenters. The van der Waals surface area contributed by atoms with E-state index < -0.39 is 12.1 Å². The van der Waals surface area contributed by atoms with Gasteiger partial charge in [-0.05, 0) is 36.2 Å². The first-order chi connectivity index (χ1) is 14.6. The molecule has 3 aromatic carbocycles. The number of hydrogen-bond acceptors (Lipinski definition) is 4. The molecule has 0 fully saturated rings. The van der Waals surface area contributed by atoms with E-state index in [1.807, 2.05) is 61.5 Å². The molecule has 3 aromatic rings. The minimum absolute atomic E-state index is 0.0263. The molecule has 4 rings (SSSR count). The topological polar surface area (TPSA) is 55.8 Å². The summed E-state index contributed by atoms with van der Waals surface area (Å²) in [6.07, 6.45) is -0.299. The Hall–Kier alpha value is -3.60. The Labute approximate surface area is 175 Å². The Morgan fingerprint density at radius 3 is 2.47 bits per heavy atom. The molecule has 0 N–H and O–H groups in total. The number of methoxy groups -OCH3 is 1. The van der Waals surface area contributed by atoms with Crippen molar-refractivity contribution in [2.24, 2.45) is 0 Å². The third-order valence-corrected chi connectivity index (χ3v) is 5.32. The van der Waals surface area contributed by atoms with Gasteiger partial charge in [0.25, 0.3) is 0 Å². The molecule has 0 saturated heterocycles. The van der Waals surface area contributed by atoms with E-state index in [0.29, 0.717) is 17.0 Å². The third kappa shape index (κ3) is 3.92. The number of fused-ring (bicyclic) bond motifs is 1. The predicted octanol–water partition coefficient (Wildman–Crippen LogP) is 5.47. The number of anilines is 1. The lowest BCUT2D eigenvalue weighted by atomic mass is 9.90. The van der Waals surface area contributed by atoms with Crippen molar-refractivity contribution < 1.29 is 19.1 Å². The normalized spacial score (nSPS) is 15.5. The van der Waals surface area contributed by atoms with Crippen LogP contribution in [-0.4, -0.2) is 19.0 Å². The van der Waals surface area contributed by atoms with Crippen LogP contribution in [0.15, 0.2) is 72.8 Å². The quantitative estimate of drug-likeness (QED) is 0.581. The largest absolute Gasteiger partial charge is 0.497 e. The Morgan fingerprint density at radius 2 is 1.77 bits per heavy atom. The summed E-state index contributed by atoms with van der Waals surface area (Å²) < 4.78 is 10.9. The maximum absolute atomic E-state index is 13.2. The van der Waals surface area contributed by atoms with Crippen molar-refractivity contribution >= 4 is 17.6 Å². The predicted molar refractivity (Wildman–Crippen MR) is 115 cm³/mol. The van der Waals surface area contributed by atoms with Crippen molar-refractivity contribution in [3.05, 3.63) is 95.1 Å². The smallest absolute Gasteiger partial charge is 0.415 e. The number of aryl methyl sites for hydroxylation is 1. The van der Waals surface area contributed by atoms with Crippen LogP contribution in [0.3, 0.4) is 0 Å². The lowest BCUT2D eigenvalue weighted by Crippen LogP contribution is -2.40. The van der Waals surface area contributed by atoms with Crippen molar-refractivity contribution in [3.63, 3.8) is 0 Å². The van der Waals surface area contributed by atoms with E-state index in [0.717, 1.165) is 16.7 Å². The highest BCUT2D eigenvalue weighted by Crippen LogP contribution is 2.40. The second-order valence-corrected chi connectivity index (χ2v) is 7.35. The van der Waals surface area contributed by atoms with Crippen LogP contribution in [0.5, 0.6) is 5.75 Å². The zero-order valence-corrected chi connectivity index (χ0v) is 17.0. The van der Waals surface area contributed by atoms with Gasteiger partial charge in [-0.1, -0.05) is 60.2 Å². The van der Waals surface area contributed by atoms with Crippen molar-refractivity contribution in [2.45, 2.75) is 26.0 Å². The van der Waals surface area contributed by atoms with Crippen molar-refractivity contribution in [2.75, 3.05) is 12.0 Å². The number of benzene rings is 3. The molecule has 0 radical (unpaired) electrons. The molecular weight excluding hydrogens is 378 g/mol. The number of rotatable bonds is 4. The Morgan fingerprint density at radius 1 is 1.03 bits per heavy atom. The van der Waals surface area contributed by atoms with Gasteiger partial charge in [0.2, 0.25) is 0 Å². The molecule has 0 aromatic heterocycles. The lowest BCUT2D eigenvalue weighted by Gasteiger charge is -2.36. The molecule has 1 atom stereocenters.